The summed E-state index contributed by atoms with van der Waals surface area (Å²) in [6.45, 7) is 6.62. The maximum Gasteiger partial charge on any atom is 0.0921 e. The van der Waals surface area contributed by atoms with Gasteiger partial charge in [0.05, 0.1) is 6.33 Å². The molecule has 1 aromatic rings. The van der Waals surface area contributed by atoms with Gasteiger partial charge in [-0.15, -0.1) is 0 Å². The Bertz CT molecular complexity index is 233. The van der Waals surface area contributed by atoms with E-state index >= 15 is 0 Å². The molecule has 0 unspecified atom stereocenters. The Hall–Kier alpha value is -0.830. The van der Waals surface area contributed by atoms with E-state index in [4.69, 9.17) is 5.73 Å². The number of nitrogens with two attached hydrogens (primary N) is 1. The summed E-state index contributed by atoms with van der Waals surface area (Å²) in [5.41, 5.74) is 7.43. The van der Waals surface area contributed by atoms with Gasteiger partial charge in [0, 0.05) is 24.4 Å². The van der Waals surface area contributed by atoms with Crippen LogP contribution in [0.25, 0.3) is 0 Å². The highest BCUT2D eigenvalue weighted by atomic mass is 14.9. The lowest BCUT2D eigenvalue weighted by Gasteiger charge is -2.22. The third-order valence-corrected chi connectivity index (χ3v) is 1.91. The fraction of sp³-hybridized carbons (Fsp3) is 0.700. The van der Waals surface area contributed by atoms with Crippen molar-refractivity contribution in [3.63, 3.8) is 0 Å². The highest BCUT2D eigenvalue weighted by Crippen LogP contribution is 2.20. The quantitative estimate of drug-likeness (QED) is 0.746. The van der Waals surface area contributed by atoms with Gasteiger partial charge in [-0.3, -0.25) is 0 Å². The smallest absolute Gasteiger partial charge is 0.0921 e. The van der Waals surface area contributed by atoms with Gasteiger partial charge in [0.2, 0.25) is 0 Å². The summed E-state index contributed by atoms with van der Waals surface area (Å²) >= 11 is 0. The Morgan fingerprint density at radius 1 is 1.54 bits per heavy atom. The Morgan fingerprint density at radius 2 is 2.23 bits per heavy atom. The molecule has 0 aliphatic rings. The lowest BCUT2D eigenvalue weighted by molar-refractivity contribution is 0.337. The fourth-order valence-electron chi connectivity index (χ4n) is 1.54. The molecule has 0 spiro atoms. The second-order valence-electron chi connectivity index (χ2n) is 4.81. The van der Waals surface area contributed by atoms with Gasteiger partial charge in [-0.2, -0.15) is 0 Å². The van der Waals surface area contributed by atoms with Crippen LogP contribution in [0.4, 0.5) is 0 Å². The summed E-state index contributed by atoms with van der Waals surface area (Å²) in [5.74, 6) is 0. The SMILES string of the molecule is CC(C)(C)C[C@H](N)Cc1cnc[nH]1. The highest BCUT2D eigenvalue weighted by molar-refractivity contribution is 4.97. The fourth-order valence-corrected chi connectivity index (χ4v) is 1.54. The average Bonchev–Trinajstić information content (AvgIpc) is 2.34. The van der Waals surface area contributed by atoms with Crippen molar-refractivity contribution in [3.05, 3.63) is 18.2 Å². The minimum Gasteiger partial charge on any atom is -0.348 e. The van der Waals surface area contributed by atoms with Gasteiger partial charge < -0.3 is 10.7 Å². The van der Waals surface area contributed by atoms with Crippen LogP contribution >= 0.6 is 0 Å². The third-order valence-electron chi connectivity index (χ3n) is 1.91. The first-order chi connectivity index (χ1) is 5.97. The Balaban J connectivity index is 2.38. The third kappa shape index (κ3) is 4.08. The number of hydrogen-bond acceptors (Lipinski definition) is 2. The molecule has 1 aromatic heterocycles. The minimum atomic E-state index is 0.223. The normalized spacial score (nSPS) is 14.5. The van der Waals surface area contributed by atoms with Crippen LogP contribution in [0.5, 0.6) is 0 Å². The summed E-state index contributed by atoms with van der Waals surface area (Å²) in [5, 5.41) is 0. The number of imidazole rings is 1. The van der Waals surface area contributed by atoms with Gasteiger partial charge in [0.1, 0.15) is 0 Å². The van der Waals surface area contributed by atoms with Crippen molar-refractivity contribution in [3.8, 4) is 0 Å². The molecular weight excluding hydrogens is 162 g/mol. The molecule has 3 nitrogen and oxygen atoms in total. The largest absolute Gasteiger partial charge is 0.348 e. The van der Waals surface area contributed by atoms with E-state index in [2.05, 4.69) is 30.7 Å². The molecule has 3 heteroatoms. The number of aromatic amines is 1. The number of rotatable bonds is 3. The molecule has 13 heavy (non-hydrogen) atoms. The zero-order valence-corrected chi connectivity index (χ0v) is 8.67. The molecule has 0 saturated heterocycles. The first kappa shape index (κ1) is 10.3. The lowest BCUT2D eigenvalue weighted by atomic mass is 9.87. The maximum atomic E-state index is 6.00. The Kier molecular flexibility index (Phi) is 3.09. The van der Waals surface area contributed by atoms with Crippen LogP contribution in [0, 0.1) is 5.41 Å². The van der Waals surface area contributed by atoms with Crippen molar-refractivity contribution in [2.24, 2.45) is 11.1 Å². The summed E-state index contributed by atoms with van der Waals surface area (Å²) in [4.78, 5) is 7.02. The molecule has 1 rings (SSSR count). The molecule has 0 bridgehead atoms. The molecule has 74 valence electrons. The van der Waals surface area contributed by atoms with Crippen LogP contribution < -0.4 is 5.73 Å². The molecule has 1 atom stereocenters. The van der Waals surface area contributed by atoms with Crippen molar-refractivity contribution >= 4 is 0 Å². The highest BCUT2D eigenvalue weighted by Gasteiger charge is 2.15. The topological polar surface area (TPSA) is 54.7 Å². The van der Waals surface area contributed by atoms with Crippen molar-refractivity contribution in [2.75, 3.05) is 0 Å². The van der Waals surface area contributed by atoms with Crippen LogP contribution in [-0.4, -0.2) is 16.0 Å². The first-order valence-corrected chi connectivity index (χ1v) is 4.70. The molecule has 0 aliphatic carbocycles. The lowest BCUT2D eigenvalue weighted by Crippen LogP contribution is -2.28. The van der Waals surface area contributed by atoms with Crippen LogP contribution in [0.2, 0.25) is 0 Å². The molecule has 0 amide bonds. The molecule has 0 fully saturated rings. The Labute approximate surface area is 79.8 Å². The van der Waals surface area contributed by atoms with Gasteiger partial charge >= 0.3 is 0 Å². The molecule has 0 aliphatic heterocycles. The average molecular weight is 181 g/mol. The van der Waals surface area contributed by atoms with E-state index in [0.29, 0.717) is 5.41 Å². The first-order valence-electron chi connectivity index (χ1n) is 4.70. The summed E-state index contributed by atoms with van der Waals surface area (Å²) < 4.78 is 0. The monoisotopic (exact) mass is 181 g/mol. The number of hydrogen-bond donors (Lipinski definition) is 2. The van der Waals surface area contributed by atoms with Gasteiger partial charge in [-0.1, -0.05) is 20.8 Å². The number of nitrogens with zero attached hydrogens (tertiary/aromatic N) is 1. The van der Waals surface area contributed by atoms with Crippen molar-refractivity contribution < 1.29 is 0 Å². The number of aromatic nitrogens is 2. The molecule has 3 N–H and O–H groups in total. The standard InChI is InChI=1S/C10H19N3/c1-10(2,3)5-8(11)4-9-6-12-7-13-9/h6-8H,4-5,11H2,1-3H3,(H,12,13)/t8-/m1/s1. The number of H-pyrrole nitrogens is 1. The van der Waals surface area contributed by atoms with E-state index < -0.39 is 0 Å². The predicted molar refractivity (Wildman–Crippen MR) is 54.3 cm³/mol. The number of nitrogens with one attached hydrogen (secondary N) is 1. The van der Waals surface area contributed by atoms with Crippen LogP contribution in [0.3, 0.4) is 0 Å². The Morgan fingerprint density at radius 3 is 2.69 bits per heavy atom. The molecule has 0 radical (unpaired) electrons. The van der Waals surface area contributed by atoms with Gasteiger partial charge in [0.25, 0.3) is 0 Å². The van der Waals surface area contributed by atoms with Crippen molar-refractivity contribution in [1.29, 1.82) is 0 Å². The molecule has 0 aromatic carbocycles. The van der Waals surface area contributed by atoms with Crippen molar-refractivity contribution in [2.45, 2.75) is 39.7 Å². The van der Waals surface area contributed by atoms with Gasteiger partial charge in [-0.25, -0.2) is 4.98 Å². The van der Waals surface area contributed by atoms with Crippen LogP contribution in [0.15, 0.2) is 12.5 Å². The maximum absolute atomic E-state index is 6.00. The van der Waals surface area contributed by atoms with Crippen LogP contribution in [-0.2, 0) is 6.42 Å². The van der Waals surface area contributed by atoms with E-state index in [1.54, 1.807) is 6.33 Å². The second kappa shape index (κ2) is 3.92. The summed E-state index contributed by atoms with van der Waals surface area (Å²) in [6.07, 6.45) is 5.45. The van der Waals surface area contributed by atoms with E-state index in [1.165, 1.54) is 0 Å². The van der Waals surface area contributed by atoms with E-state index in [-0.39, 0.29) is 6.04 Å². The second-order valence-corrected chi connectivity index (χ2v) is 4.81. The molecular formula is C10H19N3. The van der Waals surface area contributed by atoms with E-state index in [9.17, 15) is 0 Å². The summed E-state index contributed by atoms with van der Waals surface area (Å²) in [6, 6.07) is 0.223. The van der Waals surface area contributed by atoms with E-state index in [1.807, 2.05) is 6.20 Å². The zero-order chi connectivity index (χ0) is 9.90. The summed E-state index contributed by atoms with van der Waals surface area (Å²) in [7, 11) is 0. The molecule has 1 heterocycles. The van der Waals surface area contributed by atoms with E-state index in [0.717, 1.165) is 18.5 Å². The van der Waals surface area contributed by atoms with Gasteiger partial charge in [-0.05, 0) is 11.8 Å². The predicted octanol–water partition coefficient (Wildman–Crippen LogP) is 1.72. The zero-order valence-electron chi connectivity index (χ0n) is 8.67. The van der Waals surface area contributed by atoms with Crippen LogP contribution in [0.1, 0.15) is 32.9 Å². The van der Waals surface area contributed by atoms with Gasteiger partial charge in [0.15, 0.2) is 0 Å². The minimum absolute atomic E-state index is 0.223. The molecule has 0 saturated carbocycles. The van der Waals surface area contributed by atoms with Crippen molar-refractivity contribution in [1.82, 2.24) is 9.97 Å².